The molecule has 2 aromatic rings. The highest BCUT2D eigenvalue weighted by Crippen LogP contribution is 2.35. The molecule has 40 heavy (non-hydrogen) atoms. The Kier molecular flexibility index (Phi) is 9.61. The van der Waals surface area contributed by atoms with Crippen LogP contribution in [0.1, 0.15) is 84.6 Å². The molecule has 0 radical (unpaired) electrons. The molecule has 220 valence electrons. The lowest BCUT2D eigenvalue weighted by atomic mass is 9.85. The Morgan fingerprint density at radius 1 is 1.12 bits per heavy atom. The molecule has 2 N–H and O–H groups in total. The molecular weight excluding hydrogens is 521 g/mol. The van der Waals surface area contributed by atoms with Crippen LogP contribution in [0.25, 0.3) is 0 Å². The highest BCUT2D eigenvalue weighted by atomic mass is 19.4. The average molecular weight is 563 g/mol. The third kappa shape index (κ3) is 7.07. The summed E-state index contributed by atoms with van der Waals surface area (Å²) in [5, 5.41) is 6.26. The number of carbonyl (C=O) groups is 1. The van der Waals surface area contributed by atoms with Gasteiger partial charge in [0.2, 0.25) is 0 Å². The second-order valence-electron chi connectivity index (χ2n) is 11.4. The van der Waals surface area contributed by atoms with Crippen molar-refractivity contribution >= 4 is 11.6 Å². The van der Waals surface area contributed by atoms with Gasteiger partial charge in [0.15, 0.2) is 0 Å². The van der Waals surface area contributed by atoms with Crippen LogP contribution in [0.2, 0.25) is 0 Å². The molecule has 1 saturated heterocycles. The van der Waals surface area contributed by atoms with Crippen LogP contribution in [0, 0.1) is 12.8 Å². The fraction of sp³-hybridized carbons (Fsp3) is 0.600. The van der Waals surface area contributed by atoms with Crippen LogP contribution in [-0.2, 0) is 10.9 Å². The summed E-state index contributed by atoms with van der Waals surface area (Å²) in [6.07, 6.45) is 2.78. The number of hydrogen-bond donors (Lipinski definition) is 2. The summed E-state index contributed by atoms with van der Waals surface area (Å²) in [6, 6.07) is 5.31. The summed E-state index contributed by atoms with van der Waals surface area (Å²) in [4.78, 5) is 29.0. The Morgan fingerprint density at radius 2 is 1.80 bits per heavy atom. The number of aromatic nitrogens is 1. The summed E-state index contributed by atoms with van der Waals surface area (Å²) < 4.78 is 47.5. The van der Waals surface area contributed by atoms with Crippen molar-refractivity contribution < 1.29 is 22.7 Å². The first-order chi connectivity index (χ1) is 19.0. The summed E-state index contributed by atoms with van der Waals surface area (Å²) in [5.74, 6) is -0.0133. The van der Waals surface area contributed by atoms with Crippen LogP contribution in [-0.4, -0.2) is 55.3 Å². The van der Waals surface area contributed by atoms with E-state index in [1.54, 1.807) is 23.8 Å². The molecular formula is C30H41F3N4O3. The van der Waals surface area contributed by atoms with Gasteiger partial charge in [-0.05, 0) is 89.6 Å². The zero-order valence-corrected chi connectivity index (χ0v) is 23.8. The smallest absolute Gasteiger partial charge is 0.384 e. The molecule has 1 saturated carbocycles. The lowest BCUT2D eigenvalue weighted by Crippen LogP contribution is -2.35. The number of pyridine rings is 1. The molecule has 1 atom stereocenters. The minimum Gasteiger partial charge on any atom is -0.384 e. The number of ether oxygens (including phenoxy) is 1. The van der Waals surface area contributed by atoms with E-state index >= 15 is 0 Å². The van der Waals surface area contributed by atoms with Crippen molar-refractivity contribution in [1.29, 1.82) is 0 Å². The number of benzene rings is 1. The van der Waals surface area contributed by atoms with Gasteiger partial charge in [0.1, 0.15) is 0 Å². The van der Waals surface area contributed by atoms with E-state index in [0.717, 1.165) is 31.7 Å². The number of halogens is 3. The standard InChI is InChI=1S/C30H41F3N4O3/c1-19-24(6-5-7-26(19)30(31,32)33)20(2)35-29(39)25-18-37(23-12-14-40-15-13-23)28(38)16-27(25)34-17-21-8-10-22(11-9-21)36(3)4/h5-7,16,18,20-23,34H,8-15,17H2,1-4H3,(H,35,39)/t20-,21-,22-/m1/s1. The lowest BCUT2D eigenvalue weighted by Gasteiger charge is -2.33. The van der Waals surface area contributed by atoms with Crippen molar-refractivity contribution in [2.24, 2.45) is 5.92 Å². The quantitative estimate of drug-likeness (QED) is 0.441. The van der Waals surface area contributed by atoms with E-state index in [1.807, 2.05) is 0 Å². The predicted octanol–water partition coefficient (Wildman–Crippen LogP) is 5.55. The fourth-order valence-corrected chi connectivity index (χ4v) is 6.03. The minimum absolute atomic E-state index is 0.0775. The van der Waals surface area contributed by atoms with Gasteiger partial charge in [0.05, 0.1) is 22.9 Å². The summed E-state index contributed by atoms with van der Waals surface area (Å²) >= 11 is 0. The highest BCUT2D eigenvalue weighted by molar-refractivity contribution is 5.99. The second kappa shape index (κ2) is 12.8. The van der Waals surface area contributed by atoms with Crippen molar-refractivity contribution in [2.45, 2.75) is 76.7 Å². The van der Waals surface area contributed by atoms with Crippen LogP contribution < -0.4 is 16.2 Å². The van der Waals surface area contributed by atoms with Crippen molar-refractivity contribution in [3.8, 4) is 0 Å². The van der Waals surface area contributed by atoms with Crippen molar-refractivity contribution in [3.63, 3.8) is 0 Å². The van der Waals surface area contributed by atoms with E-state index in [-0.39, 0.29) is 17.2 Å². The van der Waals surface area contributed by atoms with Crippen LogP contribution in [0.3, 0.4) is 0 Å². The number of hydrogen-bond acceptors (Lipinski definition) is 5. The molecule has 1 aromatic carbocycles. The van der Waals surface area contributed by atoms with Gasteiger partial charge in [-0.1, -0.05) is 12.1 Å². The van der Waals surface area contributed by atoms with E-state index in [2.05, 4.69) is 29.6 Å². The Morgan fingerprint density at radius 3 is 2.42 bits per heavy atom. The van der Waals surface area contributed by atoms with Crippen LogP contribution in [0.15, 0.2) is 35.3 Å². The van der Waals surface area contributed by atoms with Gasteiger partial charge in [-0.15, -0.1) is 0 Å². The van der Waals surface area contributed by atoms with Crippen molar-refractivity contribution in [3.05, 3.63) is 63.1 Å². The van der Waals surface area contributed by atoms with Gasteiger partial charge in [-0.3, -0.25) is 9.59 Å². The monoisotopic (exact) mass is 562 g/mol. The molecule has 1 aliphatic heterocycles. The maximum absolute atomic E-state index is 13.6. The molecule has 1 amide bonds. The maximum Gasteiger partial charge on any atom is 0.416 e. The topological polar surface area (TPSA) is 75.6 Å². The summed E-state index contributed by atoms with van der Waals surface area (Å²) in [5.41, 5.74) is 0.335. The van der Waals surface area contributed by atoms with E-state index in [9.17, 15) is 22.8 Å². The summed E-state index contributed by atoms with van der Waals surface area (Å²) in [7, 11) is 4.20. The SMILES string of the molecule is Cc1c([C@@H](C)NC(=O)c2cn(C3CCOCC3)c(=O)cc2NC[C@H]2CC[C@H](N(C)C)CC2)cccc1C(F)(F)F. The molecule has 1 aliphatic carbocycles. The lowest BCUT2D eigenvalue weighted by molar-refractivity contribution is -0.138. The fourth-order valence-electron chi connectivity index (χ4n) is 6.03. The number of nitrogens with one attached hydrogen (secondary N) is 2. The number of carbonyl (C=O) groups excluding carboxylic acids is 1. The number of nitrogens with zero attached hydrogens (tertiary/aromatic N) is 2. The first-order valence-electron chi connectivity index (χ1n) is 14.2. The summed E-state index contributed by atoms with van der Waals surface area (Å²) in [6.45, 7) is 4.82. The molecule has 1 aromatic heterocycles. The molecule has 0 bridgehead atoms. The Balaban J connectivity index is 1.57. The zero-order chi connectivity index (χ0) is 29.0. The third-order valence-corrected chi connectivity index (χ3v) is 8.53. The molecule has 10 heteroatoms. The first-order valence-corrected chi connectivity index (χ1v) is 14.2. The average Bonchev–Trinajstić information content (AvgIpc) is 2.92. The number of anilines is 1. The Bertz CT molecular complexity index is 1230. The van der Waals surface area contributed by atoms with Gasteiger partial charge in [0, 0.05) is 44.1 Å². The normalized spacial score (nSPS) is 21.3. The number of alkyl halides is 3. The predicted molar refractivity (Wildman–Crippen MR) is 150 cm³/mol. The molecule has 0 spiro atoms. The van der Waals surface area contributed by atoms with E-state index in [0.29, 0.717) is 61.4 Å². The highest BCUT2D eigenvalue weighted by Gasteiger charge is 2.33. The zero-order valence-electron chi connectivity index (χ0n) is 23.8. The minimum atomic E-state index is -4.48. The molecule has 2 aliphatic rings. The van der Waals surface area contributed by atoms with Gasteiger partial charge < -0.3 is 24.8 Å². The van der Waals surface area contributed by atoms with Gasteiger partial charge in [-0.25, -0.2) is 0 Å². The Hall–Kier alpha value is -2.85. The molecule has 7 nitrogen and oxygen atoms in total. The molecule has 2 heterocycles. The Labute approximate surface area is 234 Å². The van der Waals surface area contributed by atoms with Crippen molar-refractivity contribution in [2.75, 3.05) is 39.2 Å². The molecule has 2 fully saturated rings. The van der Waals surface area contributed by atoms with Crippen LogP contribution >= 0.6 is 0 Å². The van der Waals surface area contributed by atoms with Crippen molar-refractivity contribution in [1.82, 2.24) is 14.8 Å². The number of amides is 1. The van der Waals surface area contributed by atoms with Gasteiger partial charge in [-0.2, -0.15) is 13.2 Å². The molecule has 4 rings (SSSR count). The van der Waals surface area contributed by atoms with Crippen LogP contribution in [0.5, 0.6) is 0 Å². The second-order valence-corrected chi connectivity index (χ2v) is 11.4. The van der Waals surface area contributed by atoms with Gasteiger partial charge >= 0.3 is 6.18 Å². The number of rotatable bonds is 8. The van der Waals surface area contributed by atoms with E-state index in [4.69, 9.17) is 4.74 Å². The van der Waals surface area contributed by atoms with E-state index < -0.39 is 23.7 Å². The maximum atomic E-state index is 13.6. The third-order valence-electron chi connectivity index (χ3n) is 8.53. The van der Waals surface area contributed by atoms with E-state index in [1.165, 1.54) is 19.1 Å². The first kappa shape index (κ1) is 30.1. The largest absolute Gasteiger partial charge is 0.416 e. The van der Waals surface area contributed by atoms with Gasteiger partial charge in [0.25, 0.3) is 11.5 Å². The molecule has 0 unspecified atom stereocenters. The van der Waals surface area contributed by atoms with Crippen LogP contribution in [0.4, 0.5) is 18.9 Å².